The lowest BCUT2D eigenvalue weighted by Crippen LogP contribution is -2.38. The summed E-state index contributed by atoms with van der Waals surface area (Å²) in [5.41, 5.74) is 9.48. The van der Waals surface area contributed by atoms with Crippen molar-refractivity contribution in [3.63, 3.8) is 0 Å². The van der Waals surface area contributed by atoms with Crippen molar-refractivity contribution in [3.8, 4) is 0 Å². The van der Waals surface area contributed by atoms with Crippen molar-refractivity contribution in [1.82, 2.24) is 5.32 Å². The first kappa shape index (κ1) is 13.8. The summed E-state index contributed by atoms with van der Waals surface area (Å²) < 4.78 is 13.1. The molecule has 2 aromatic rings. The zero-order valence-electron chi connectivity index (χ0n) is 11.8. The monoisotopic (exact) mass is 284 g/mol. The highest BCUT2D eigenvalue weighted by molar-refractivity contribution is 5.96. The number of amides is 1. The van der Waals surface area contributed by atoms with Crippen LogP contribution in [0, 0.1) is 12.7 Å². The minimum atomic E-state index is -0.341. The maximum Gasteiger partial charge on any atom is 0.252 e. The van der Waals surface area contributed by atoms with Crippen molar-refractivity contribution in [3.05, 3.63) is 70.5 Å². The van der Waals surface area contributed by atoms with Crippen LogP contribution in [0.15, 0.2) is 42.5 Å². The molecule has 0 radical (unpaired) electrons. The minimum Gasteiger partial charge on any atom is -0.344 e. The van der Waals surface area contributed by atoms with Crippen molar-refractivity contribution >= 4 is 5.91 Å². The summed E-state index contributed by atoms with van der Waals surface area (Å²) in [4.78, 5) is 12.4. The molecule has 0 saturated heterocycles. The molecule has 2 unspecified atom stereocenters. The highest BCUT2D eigenvalue weighted by atomic mass is 19.1. The summed E-state index contributed by atoms with van der Waals surface area (Å²) in [6.45, 7) is 1.72. The zero-order chi connectivity index (χ0) is 15.0. The second-order valence-corrected chi connectivity index (χ2v) is 5.48. The van der Waals surface area contributed by atoms with Crippen LogP contribution in [0.2, 0.25) is 0 Å². The molecule has 21 heavy (non-hydrogen) atoms. The average Bonchev–Trinajstić information content (AvgIpc) is 2.75. The van der Waals surface area contributed by atoms with Crippen LogP contribution in [0.4, 0.5) is 4.39 Å². The maximum atomic E-state index is 13.1. The van der Waals surface area contributed by atoms with Crippen molar-refractivity contribution < 1.29 is 9.18 Å². The number of benzene rings is 2. The van der Waals surface area contributed by atoms with E-state index in [9.17, 15) is 9.18 Å². The van der Waals surface area contributed by atoms with Gasteiger partial charge in [0.1, 0.15) is 5.82 Å². The van der Waals surface area contributed by atoms with E-state index in [2.05, 4.69) is 5.32 Å². The lowest BCUT2D eigenvalue weighted by Gasteiger charge is -2.19. The van der Waals surface area contributed by atoms with Gasteiger partial charge in [0.2, 0.25) is 0 Å². The number of fused-ring (bicyclic) bond motifs is 1. The molecule has 0 aliphatic heterocycles. The SMILES string of the molecule is Cc1cc(F)ccc1C(=O)NC1c2ccccc2CC1N. The molecule has 4 heteroatoms. The van der Waals surface area contributed by atoms with Crippen LogP contribution in [0.5, 0.6) is 0 Å². The van der Waals surface area contributed by atoms with Gasteiger partial charge in [-0.2, -0.15) is 0 Å². The predicted octanol–water partition coefficient (Wildman–Crippen LogP) is 2.49. The minimum absolute atomic E-state index is 0.132. The van der Waals surface area contributed by atoms with Crippen LogP contribution in [0.3, 0.4) is 0 Å². The fraction of sp³-hybridized carbons (Fsp3) is 0.235. The van der Waals surface area contributed by atoms with E-state index in [1.807, 2.05) is 24.3 Å². The molecule has 0 spiro atoms. The first-order valence-corrected chi connectivity index (χ1v) is 6.96. The molecule has 2 aromatic carbocycles. The summed E-state index contributed by atoms with van der Waals surface area (Å²) in [5.74, 6) is -0.559. The summed E-state index contributed by atoms with van der Waals surface area (Å²) in [6.07, 6.45) is 0.753. The van der Waals surface area contributed by atoms with Crippen molar-refractivity contribution in [2.45, 2.75) is 25.4 Å². The van der Waals surface area contributed by atoms with E-state index in [4.69, 9.17) is 5.73 Å². The summed E-state index contributed by atoms with van der Waals surface area (Å²) >= 11 is 0. The lowest BCUT2D eigenvalue weighted by atomic mass is 10.0. The Labute approximate surface area is 123 Å². The van der Waals surface area contributed by atoms with E-state index in [1.165, 1.54) is 23.8 Å². The molecule has 3 nitrogen and oxygen atoms in total. The van der Waals surface area contributed by atoms with Gasteiger partial charge in [-0.1, -0.05) is 24.3 Å². The van der Waals surface area contributed by atoms with Crippen LogP contribution >= 0.6 is 0 Å². The van der Waals surface area contributed by atoms with Gasteiger partial charge in [0.15, 0.2) is 0 Å². The van der Waals surface area contributed by atoms with Crippen LogP contribution in [0.1, 0.15) is 33.1 Å². The number of rotatable bonds is 2. The Bertz CT molecular complexity index is 699. The number of aryl methyl sites for hydroxylation is 1. The number of hydrogen-bond donors (Lipinski definition) is 2. The Kier molecular flexibility index (Phi) is 3.47. The lowest BCUT2D eigenvalue weighted by molar-refractivity contribution is 0.0932. The van der Waals surface area contributed by atoms with E-state index in [-0.39, 0.29) is 23.8 Å². The highest BCUT2D eigenvalue weighted by Gasteiger charge is 2.31. The Hall–Kier alpha value is -2.20. The van der Waals surface area contributed by atoms with Crippen molar-refractivity contribution in [2.24, 2.45) is 5.73 Å². The van der Waals surface area contributed by atoms with Gasteiger partial charge in [0.25, 0.3) is 5.91 Å². The molecule has 108 valence electrons. The molecule has 0 aromatic heterocycles. The normalized spacial score (nSPS) is 20.1. The second kappa shape index (κ2) is 5.30. The number of carbonyl (C=O) groups excluding carboxylic acids is 1. The Balaban J connectivity index is 1.85. The van der Waals surface area contributed by atoms with Gasteiger partial charge in [-0.15, -0.1) is 0 Å². The number of nitrogens with two attached hydrogens (primary N) is 1. The maximum absolute atomic E-state index is 13.1. The van der Waals surface area contributed by atoms with Crippen LogP contribution < -0.4 is 11.1 Å². The van der Waals surface area contributed by atoms with Gasteiger partial charge in [-0.25, -0.2) is 4.39 Å². The molecule has 0 heterocycles. The third-order valence-electron chi connectivity index (χ3n) is 3.99. The van der Waals surface area contributed by atoms with Crippen molar-refractivity contribution in [2.75, 3.05) is 0 Å². The first-order chi connectivity index (χ1) is 10.1. The molecule has 0 fully saturated rings. The van der Waals surface area contributed by atoms with Gasteiger partial charge >= 0.3 is 0 Å². The smallest absolute Gasteiger partial charge is 0.252 e. The fourth-order valence-electron chi connectivity index (χ4n) is 2.91. The van der Waals surface area contributed by atoms with Gasteiger partial charge in [-0.3, -0.25) is 4.79 Å². The molecule has 0 bridgehead atoms. The van der Waals surface area contributed by atoms with Crippen LogP contribution in [-0.4, -0.2) is 11.9 Å². The molecule has 1 aliphatic carbocycles. The third-order valence-corrected chi connectivity index (χ3v) is 3.99. The topological polar surface area (TPSA) is 55.1 Å². The van der Waals surface area contributed by atoms with Crippen LogP contribution in [-0.2, 0) is 6.42 Å². The van der Waals surface area contributed by atoms with E-state index < -0.39 is 0 Å². The Morgan fingerprint density at radius 3 is 2.81 bits per heavy atom. The van der Waals surface area contributed by atoms with Gasteiger partial charge < -0.3 is 11.1 Å². The third kappa shape index (κ3) is 2.54. The highest BCUT2D eigenvalue weighted by Crippen LogP contribution is 2.30. The average molecular weight is 284 g/mol. The van der Waals surface area contributed by atoms with Gasteiger partial charge in [0, 0.05) is 11.6 Å². The first-order valence-electron chi connectivity index (χ1n) is 6.96. The Morgan fingerprint density at radius 2 is 2.05 bits per heavy atom. The predicted molar refractivity (Wildman–Crippen MR) is 79.5 cm³/mol. The summed E-state index contributed by atoms with van der Waals surface area (Å²) in [6, 6.07) is 11.8. The fourth-order valence-corrected chi connectivity index (χ4v) is 2.91. The van der Waals surface area contributed by atoms with Crippen molar-refractivity contribution in [1.29, 1.82) is 0 Å². The molecule has 1 amide bonds. The van der Waals surface area contributed by atoms with E-state index >= 15 is 0 Å². The summed E-state index contributed by atoms with van der Waals surface area (Å²) in [7, 11) is 0. The standard InChI is InChI=1S/C17H17FN2O/c1-10-8-12(18)6-7-13(10)17(21)20-16-14-5-3-2-4-11(14)9-15(16)19/h2-8,15-16H,9,19H2,1H3,(H,20,21). The number of carbonyl (C=O) groups is 1. The summed E-state index contributed by atoms with van der Waals surface area (Å²) in [5, 5.41) is 2.98. The molecule has 3 N–H and O–H groups in total. The molecular weight excluding hydrogens is 267 g/mol. The van der Waals surface area contributed by atoms with Crippen LogP contribution in [0.25, 0.3) is 0 Å². The molecule has 1 aliphatic rings. The Morgan fingerprint density at radius 1 is 1.29 bits per heavy atom. The van der Waals surface area contributed by atoms with E-state index in [0.29, 0.717) is 11.1 Å². The quantitative estimate of drug-likeness (QED) is 0.890. The molecule has 0 saturated carbocycles. The van der Waals surface area contributed by atoms with Gasteiger partial charge in [-0.05, 0) is 48.2 Å². The molecule has 2 atom stereocenters. The second-order valence-electron chi connectivity index (χ2n) is 5.48. The van der Waals surface area contributed by atoms with E-state index in [1.54, 1.807) is 6.92 Å². The largest absolute Gasteiger partial charge is 0.344 e. The molecule has 3 rings (SSSR count). The zero-order valence-corrected chi connectivity index (χ0v) is 11.8. The molecular formula is C17H17FN2O. The van der Waals surface area contributed by atoms with E-state index in [0.717, 1.165) is 12.0 Å². The van der Waals surface area contributed by atoms with Gasteiger partial charge in [0.05, 0.1) is 6.04 Å². The number of nitrogens with one attached hydrogen (secondary N) is 1. The number of hydrogen-bond acceptors (Lipinski definition) is 2. The number of halogens is 1.